The molecule has 32 heavy (non-hydrogen) atoms. The minimum Gasteiger partial charge on any atom is -0.0776 e. The molecule has 0 unspecified atom stereocenters. The van der Waals surface area contributed by atoms with Gasteiger partial charge in [0.15, 0.2) is 0 Å². The van der Waals surface area contributed by atoms with Crippen LogP contribution in [0.2, 0.25) is 0 Å². The molecule has 0 atom stereocenters. The van der Waals surface area contributed by atoms with Crippen LogP contribution in [-0.4, -0.2) is 0 Å². The predicted molar refractivity (Wildman–Crippen MR) is 145 cm³/mol. The monoisotopic (exact) mass is 438 g/mol. The van der Waals surface area contributed by atoms with Crippen LogP contribution in [0.5, 0.6) is 0 Å². The molecule has 0 aromatic carbocycles. The van der Waals surface area contributed by atoms with Crippen molar-refractivity contribution in [2.75, 3.05) is 0 Å². The lowest BCUT2D eigenvalue weighted by Gasteiger charge is -2.06. The number of hydrogen-bond donors (Lipinski definition) is 0. The highest BCUT2D eigenvalue weighted by atomic mass is 14.1. The van der Waals surface area contributed by atoms with Crippen LogP contribution in [0.4, 0.5) is 0 Å². The van der Waals surface area contributed by atoms with Gasteiger partial charge in [0.2, 0.25) is 0 Å². The summed E-state index contributed by atoms with van der Waals surface area (Å²) in [6.07, 6.45) is 50.2. The Morgan fingerprint density at radius 3 is 0.656 bits per heavy atom. The van der Waals surface area contributed by atoms with E-state index in [9.17, 15) is 0 Å². The van der Waals surface area contributed by atoms with Crippen molar-refractivity contribution in [2.24, 2.45) is 11.8 Å². The third kappa shape index (κ3) is 15.7. The van der Waals surface area contributed by atoms with Crippen molar-refractivity contribution in [1.29, 1.82) is 0 Å². The second kappa shape index (κ2) is 20.6. The molecule has 0 radical (unpaired) electrons. The number of unbranched alkanes of at least 4 members (excludes halogenated alkanes) is 19. The van der Waals surface area contributed by atoms with E-state index in [-0.39, 0.29) is 0 Å². The molecule has 0 amide bonds. The Morgan fingerprint density at radius 1 is 0.250 bits per heavy atom. The van der Waals surface area contributed by atoms with E-state index in [0.29, 0.717) is 0 Å². The van der Waals surface area contributed by atoms with Crippen LogP contribution in [0, 0.1) is 11.8 Å². The molecule has 2 aliphatic rings. The minimum atomic E-state index is 0.747. The lowest BCUT2D eigenvalue weighted by Crippen LogP contribution is -1.89. The van der Waals surface area contributed by atoms with E-state index >= 15 is 0 Å². The summed E-state index contributed by atoms with van der Waals surface area (Å²) in [6, 6.07) is 0. The maximum atomic E-state index is 2.34. The molecule has 0 aromatic rings. The molecule has 0 spiro atoms. The van der Waals surface area contributed by atoms with Gasteiger partial charge in [0.1, 0.15) is 0 Å². The Kier molecular flexibility index (Phi) is 17.5. The van der Waals surface area contributed by atoms with Crippen molar-refractivity contribution in [3.05, 3.63) is 48.6 Å². The van der Waals surface area contributed by atoms with Crippen LogP contribution in [0.3, 0.4) is 0 Å². The zero-order chi connectivity index (χ0) is 22.4. The third-order valence-corrected chi connectivity index (χ3v) is 7.48. The van der Waals surface area contributed by atoms with Crippen molar-refractivity contribution in [2.45, 2.75) is 141 Å². The molecule has 0 heteroatoms. The van der Waals surface area contributed by atoms with Crippen LogP contribution in [0.15, 0.2) is 48.6 Å². The van der Waals surface area contributed by atoms with E-state index in [0.717, 1.165) is 11.8 Å². The van der Waals surface area contributed by atoms with Gasteiger partial charge in [-0.15, -0.1) is 0 Å². The van der Waals surface area contributed by atoms with Gasteiger partial charge in [-0.1, -0.05) is 177 Å². The molecule has 182 valence electrons. The zero-order valence-electron chi connectivity index (χ0n) is 21.3. The summed E-state index contributed by atoms with van der Waals surface area (Å²) in [5.41, 5.74) is 0. The first-order chi connectivity index (χ1) is 15.9. The maximum absolute atomic E-state index is 2.34. The summed E-state index contributed by atoms with van der Waals surface area (Å²) in [5.74, 6) is 1.49. The van der Waals surface area contributed by atoms with Gasteiger partial charge < -0.3 is 0 Å². The number of allylic oxidation sites excluding steroid dienone is 8. The van der Waals surface area contributed by atoms with Crippen molar-refractivity contribution < 1.29 is 0 Å². The first-order valence-corrected chi connectivity index (χ1v) is 14.6. The fourth-order valence-corrected chi connectivity index (χ4v) is 5.28. The lowest BCUT2D eigenvalue weighted by molar-refractivity contribution is 0.514. The number of hydrogen-bond acceptors (Lipinski definition) is 0. The molecule has 0 heterocycles. The smallest absolute Gasteiger partial charge is 0.00473 e. The lowest BCUT2D eigenvalue weighted by atomic mass is 10.0. The highest BCUT2D eigenvalue weighted by molar-refractivity contribution is 5.17. The van der Waals surface area contributed by atoms with E-state index in [1.165, 1.54) is 141 Å². The fourth-order valence-electron chi connectivity index (χ4n) is 5.28. The maximum Gasteiger partial charge on any atom is -0.00473 e. The van der Waals surface area contributed by atoms with Gasteiger partial charge >= 0.3 is 0 Å². The first kappa shape index (κ1) is 27.2. The average molecular weight is 439 g/mol. The topological polar surface area (TPSA) is 0 Å². The van der Waals surface area contributed by atoms with Crippen molar-refractivity contribution >= 4 is 0 Å². The van der Waals surface area contributed by atoms with Crippen LogP contribution >= 0.6 is 0 Å². The van der Waals surface area contributed by atoms with Crippen LogP contribution < -0.4 is 0 Å². The number of rotatable bonds is 23. The minimum absolute atomic E-state index is 0.747. The molecule has 2 rings (SSSR count). The highest BCUT2D eigenvalue weighted by Gasteiger charge is 2.03. The summed E-state index contributed by atoms with van der Waals surface area (Å²) in [7, 11) is 0. The van der Waals surface area contributed by atoms with Crippen molar-refractivity contribution in [3.63, 3.8) is 0 Å². The molecule has 0 saturated heterocycles. The van der Waals surface area contributed by atoms with Crippen LogP contribution in [0.25, 0.3) is 0 Å². The molecule has 0 bridgehead atoms. The molecular formula is C32H54. The Hall–Kier alpha value is -1.04. The Balaban J connectivity index is 1.16. The van der Waals surface area contributed by atoms with E-state index in [1.54, 1.807) is 0 Å². The molecule has 0 nitrogen and oxygen atoms in total. The van der Waals surface area contributed by atoms with E-state index in [1.807, 2.05) is 0 Å². The predicted octanol–water partition coefficient (Wildman–Crippen LogP) is 11.1. The van der Waals surface area contributed by atoms with Gasteiger partial charge in [-0.3, -0.25) is 0 Å². The SMILES string of the molecule is C1=CC(CCCCCCCCCCCCCCCCCCCCCCC2C=CC=C2)C=C1. The molecule has 0 aromatic heterocycles. The van der Waals surface area contributed by atoms with E-state index in [2.05, 4.69) is 48.6 Å². The summed E-state index contributed by atoms with van der Waals surface area (Å²) in [5, 5.41) is 0. The molecule has 2 aliphatic carbocycles. The normalized spacial score (nSPS) is 15.6. The molecular weight excluding hydrogens is 384 g/mol. The van der Waals surface area contributed by atoms with Crippen molar-refractivity contribution in [1.82, 2.24) is 0 Å². The second-order valence-corrected chi connectivity index (χ2v) is 10.5. The molecule has 0 aliphatic heterocycles. The van der Waals surface area contributed by atoms with Gasteiger partial charge in [-0.2, -0.15) is 0 Å². The first-order valence-electron chi connectivity index (χ1n) is 14.6. The Morgan fingerprint density at radius 2 is 0.438 bits per heavy atom. The molecule has 0 saturated carbocycles. The van der Waals surface area contributed by atoms with Gasteiger partial charge in [0.05, 0.1) is 0 Å². The Bertz CT molecular complexity index is 448. The average Bonchev–Trinajstić information content (AvgIpc) is 3.51. The summed E-state index contributed by atoms with van der Waals surface area (Å²) < 4.78 is 0. The zero-order valence-corrected chi connectivity index (χ0v) is 21.3. The standard InChI is InChI=1S/C32H54/c1(3-5-7-9-11-13-15-17-19-25-31-27-21-22-28-31)2-4-6-8-10-12-14-16-18-20-26-32-29-23-24-30-32/h21-24,27-32H,1-20,25-26H2. The largest absolute Gasteiger partial charge is 0.0776 e. The van der Waals surface area contributed by atoms with Gasteiger partial charge in [0.25, 0.3) is 0 Å². The van der Waals surface area contributed by atoms with Gasteiger partial charge in [0, 0.05) is 0 Å². The Labute approximate surface area is 201 Å². The van der Waals surface area contributed by atoms with Crippen LogP contribution in [-0.2, 0) is 0 Å². The molecule has 0 N–H and O–H groups in total. The summed E-state index contributed by atoms with van der Waals surface area (Å²) in [6.45, 7) is 0. The highest BCUT2D eigenvalue weighted by Crippen LogP contribution is 2.20. The third-order valence-electron chi connectivity index (χ3n) is 7.48. The van der Waals surface area contributed by atoms with E-state index < -0.39 is 0 Å². The summed E-state index contributed by atoms with van der Waals surface area (Å²) >= 11 is 0. The summed E-state index contributed by atoms with van der Waals surface area (Å²) in [4.78, 5) is 0. The van der Waals surface area contributed by atoms with Gasteiger partial charge in [-0.25, -0.2) is 0 Å². The van der Waals surface area contributed by atoms with Crippen molar-refractivity contribution in [3.8, 4) is 0 Å². The molecule has 0 fully saturated rings. The fraction of sp³-hybridized carbons (Fsp3) is 0.750. The quantitative estimate of drug-likeness (QED) is 0.139. The van der Waals surface area contributed by atoms with Gasteiger partial charge in [-0.05, 0) is 24.7 Å². The van der Waals surface area contributed by atoms with E-state index in [4.69, 9.17) is 0 Å². The second-order valence-electron chi connectivity index (χ2n) is 10.5. The van der Waals surface area contributed by atoms with Crippen LogP contribution in [0.1, 0.15) is 141 Å².